The number of benzene rings is 1. The van der Waals surface area contributed by atoms with E-state index in [1.807, 2.05) is 0 Å². The van der Waals surface area contributed by atoms with Crippen molar-refractivity contribution in [3.8, 4) is 5.69 Å². The van der Waals surface area contributed by atoms with Gasteiger partial charge in [-0.15, -0.1) is 0 Å². The van der Waals surface area contributed by atoms with E-state index >= 15 is 0 Å². The summed E-state index contributed by atoms with van der Waals surface area (Å²) in [5.41, 5.74) is -5.24. The predicted molar refractivity (Wildman–Crippen MR) is 77.2 cm³/mol. The fourth-order valence-corrected chi connectivity index (χ4v) is 2.03. The maximum absolute atomic E-state index is 14.5. The lowest BCUT2D eigenvalue weighted by Crippen LogP contribution is -2.36. The van der Waals surface area contributed by atoms with Gasteiger partial charge < -0.3 is 9.82 Å². The van der Waals surface area contributed by atoms with Crippen molar-refractivity contribution < 1.29 is 22.4 Å². The van der Waals surface area contributed by atoms with Crippen molar-refractivity contribution in [2.24, 2.45) is 5.16 Å². The van der Waals surface area contributed by atoms with E-state index in [4.69, 9.17) is 11.6 Å². The molecule has 1 heterocycles. The number of halogens is 5. The number of hydrogen-bond acceptors (Lipinski definition) is 4. The summed E-state index contributed by atoms with van der Waals surface area (Å²) in [4.78, 5) is 29.5. The van der Waals surface area contributed by atoms with E-state index in [-0.39, 0.29) is 21.2 Å². The number of nitrogens with one attached hydrogen (secondary N) is 1. The van der Waals surface area contributed by atoms with Crippen LogP contribution in [0.3, 0.4) is 0 Å². The maximum Gasteiger partial charge on any atom is 0.431 e. The van der Waals surface area contributed by atoms with Gasteiger partial charge in [0.25, 0.3) is 5.56 Å². The van der Waals surface area contributed by atoms with Crippen LogP contribution in [-0.4, -0.2) is 22.9 Å². The van der Waals surface area contributed by atoms with Gasteiger partial charge in [0.1, 0.15) is 12.8 Å². The molecule has 0 bridgehead atoms. The largest absolute Gasteiger partial charge is 0.431 e. The highest BCUT2D eigenvalue weighted by molar-refractivity contribution is 6.33. The number of H-pyrrole nitrogens is 1. The molecular weight excluding hydrogens is 358 g/mol. The van der Waals surface area contributed by atoms with Gasteiger partial charge in [-0.1, -0.05) is 16.8 Å². The number of nitrogens with zero attached hydrogens (tertiary/aromatic N) is 2. The average Bonchev–Trinajstić information content (AvgIpc) is 2.47. The molecule has 2 rings (SSSR count). The van der Waals surface area contributed by atoms with Crippen LogP contribution in [0.15, 0.2) is 32.9 Å². The number of aromatic nitrogens is 2. The van der Waals surface area contributed by atoms with Gasteiger partial charge in [0, 0.05) is 6.07 Å². The Kier molecular flexibility index (Phi) is 4.78. The summed E-state index contributed by atoms with van der Waals surface area (Å²) in [5, 5.41) is 3.21. The Balaban J connectivity index is 2.73. The average molecular weight is 366 g/mol. The van der Waals surface area contributed by atoms with Crippen LogP contribution in [0.25, 0.3) is 5.69 Å². The highest BCUT2D eigenvalue weighted by atomic mass is 35.5. The third-order valence-corrected chi connectivity index (χ3v) is 3.20. The van der Waals surface area contributed by atoms with E-state index in [2.05, 4.69) is 9.99 Å². The zero-order valence-corrected chi connectivity index (χ0v) is 12.6. The molecule has 2 aromatic rings. The van der Waals surface area contributed by atoms with Crippen LogP contribution in [-0.2, 0) is 11.0 Å². The minimum absolute atomic E-state index is 0.103. The Hall–Kier alpha value is -2.62. The first-order valence-electron chi connectivity index (χ1n) is 6.15. The van der Waals surface area contributed by atoms with Crippen LogP contribution in [0, 0.1) is 5.82 Å². The van der Waals surface area contributed by atoms with Crippen molar-refractivity contribution in [2.75, 3.05) is 7.11 Å². The molecule has 0 saturated carbocycles. The molecule has 0 aliphatic carbocycles. The Morgan fingerprint density at radius 2 is 2.00 bits per heavy atom. The summed E-state index contributed by atoms with van der Waals surface area (Å²) in [6, 6.07) is 2.28. The van der Waals surface area contributed by atoms with Gasteiger partial charge in [-0.2, -0.15) is 13.2 Å². The van der Waals surface area contributed by atoms with E-state index < -0.39 is 34.6 Å². The molecule has 0 atom stereocenters. The molecule has 24 heavy (non-hydrogen) atoms. The molecule has 0 unspecified atom stereocenters. The number of alkyl halides is 3. The molecule has 0 amide bonds. The van der Waals surface area contributed by atoms with Gasteiger partial charge in [0.2, 0.25) is 0 Å². The van der Waals surface area contributed by atoms with Crippen LogP contribution >= 0.6 is 11.6 Å². The number of oxime groups is 1. The van der Waals surface area contributed by atoms with E-state index in [0.717, 1.165) is 18.3 Å². The molecular formula is C13H8ClF4N3O3. The topological polar surface area (TPSA) is 76.5 Å². The lowest BCUT2D eigenvalue weighted by atomic mass is 10.2. The normalized spacial score (nSPS) is 11.9. The Morgan fingerprint density at radius 3 is 2.54 bits per heavy atom. The zero-order chi connectivity index (χ0) is 18.1. The van der Waals surface area contributed by atoms with Crippen molar-refractivity contribution in [1.82, 2.24) is 9.55 Å². The van der Waals surface area contributed by atoms with Crippen molar-refractivity contribution in [1.29, 1.82) is 0 Å². The maximum atomic E-state index is 14.5. The first-order chi connectivity index (χ1) is 11.2. The van der Waals surface area contributed by atoms with Gasteiger partial charge in [-0.05, 0) is 12.1 Å². The Bertz CT molecular complexity index is 887. The smallest absolute Gasteiger partial charge is 0.399 e. The van der Waals surface area contributed by atoms with Gasteiger partial charge >= 0.3 is 11.9 Å². The minimum atomic E-state index is -4.92. The fraction of sp³-hybridized carbons (Fsp3) is 0.154. The van der Waals surface area contributed by atoms with E-state index in [9.17, 15) is 27.2 Å². The van der Waals surface area contributed by atoms with Crippen molar-refractivity contribution in [3.05, 3.63) is 61.1 Å². The van der Waals surface area contributed by atoms with Gasteiger partial charge in [-0.25, -0.2) is 13.8 Å². The summed E-state index contributed by atoms with van der Waals surface area (Å²) in [6.07, 6.45) is -4.03. The van der Waals surface area contributed by atoms with Crippen molar-refractivity contribution >= 4 is 17.8 Å². The lowest BCUT2D eigenvalue weighted by molar-refractivity contribution is -0.141. The predicted octanol–water partition coefficient (Wildman–Crippen LogP) is 2.32. The summed E-state index contributed by atoms with van der Waals surface area (Å²) in [7, 11) is 1.19. The molecule has 1 N–H and O–H groups in total. The van der Waals surface area contributed by atoms with Gasteiger partial charge in [0.05, 0.1) is 22.5 Å². The van der Waals surface area contributed by atoms with E-state index in [1.54, 1.807) is 0 Å². The van der Waals surface area contributed by atoms with Crippen LogP contribution in [0.1, 0.15) is 11.3 Å². The molecule has 0 radical (unpaired) electrons. The lowest BCUT2D eigenvalue weighted by Gasteiger charge is -2.11. The van der Waals surface area contributed by atoms with E-state index in [1.165, 1.54) is 12.1 Å². The molecule has 11 heteroatoms. The van der Waals surface area contributed by atoms with Crippen LogP contribution in [0.4, 0.5) is 17.6 Å². The Labute approximate surface area is 135 Å². The second-order valence-electron chi connectivity index (χ2n) is 4.37. The minimum Gasteiger partial charge on any atom is -0.399 e. The number of hydrogen-bond donors (Lipinski definition) is 1. The van der Waals surface area contributed by atoms with Gasteiger partial charge in [-0.3, -0.25) is 4.79 Å². The van der Waals surface area contributed by atoms with Crippen molar-refractivity contribution in [2.45, 2.75) is 6.18 Å². The number of rotatable bonds is 3. The molecule has 1 aromatic heterocycles. The van der Waals surface area contributed by atoms with Gasteiger partial charge in [0.15, 0.2) is 5.82 Å². The second-order valence-corrected chi connectivity index (χ2v) is 4.78. The van der Waals surface area contributed by atoms with Crippen LogP contribution < -0.4 is 11.2 Å². The number of aromatic amines is 1. The highest BCUT2D eigenvalue weighted by Gasteiger charge is 2.33. The van der Waals surface area contributed by atoms with Crippen LogP contribution in [0.5, 0.6) is 0 Å². The third kappa shape index (κ3) is 3.32. The molecule has 0 fully saturated rings. The summed E-state index contributed by atoms with van der Waals surface area (Å²) in [6.45, 7) is 0. The summed E-state index contributed by atoms with van der Waals surface area (Å²) in [5.74, 6) is -1.13. The molecule has 0 aliphatic rings. The quantitative estimate of drug-likeness (QED) is 0.515. The van der Waals surface area contributed by atoms with Crippen LogP contribution in [0.2, 0.25) is 5.02 Å². The van der Waals surface area contributed by atoms with E-state index in [0.29, 0.717) is 0 Å². The molecule has 6 nitrogen and oxygen atoms in total. The SMILES string of the molecule is CON=Cc1c(Cl)ccc(-n2c(=O)cc(C(F)(F)F)[nH]c2=O)c1F. The molecule has 0 aliphatic heterocycles. The third-order valence-electron chi connectivity index (χ3n) is 2.87. The first-order valence-corrected chi connectivity index (χ1v) is 6.53. The molecule has 0 spiro atoms. The first kappa shape index (κ1) is 17.7. The molecule has 128 valence electrons. The second kappa shape index (κ2) is 6.48. The fourth-order valence-electron chi connectivity index (χ4n) is 1.83. The van der Waals surface area contributed by atoms with Crippen molar-refractivity contribution in [3.63, 3.8) is 0 Å². The molecule has 0 saturated heterocycles. The highest BCUT2D eigenvalue weighted by Crippen LogP contribution is 2.26. The summed E-state index contributed by atoms with van der Waals surface area (Å²) < 4.78 is 52.4. The standard InChI is InChI=1S/C13H8ClF4N3O3/c1-24-19-5-6-7(14)2-3-8(11(6)15)21-10(22)4-9(13(16,17)18)20-12(21)23/h2-5H,1H3,(H,20,23). The molecule has 1 aromatic carbocycles. The zero-order valence-electron chi connectivity index (χ0n) is 11.8. The summed E-state index contributed by atoms with van der Waals surface area (Å²) >= 11 is 5.78. The monoisotopic (exact) mass is 365 g/mol. The Morgan fingerprint density at radius 1 is 1.33 bits per heavy atom.